The van der Waals surface area contributed by atoms with Gasteiger partial charge in [0.2, 0.25) is 0 Å². The first-order chi connectivity index (χ1) is 13.1. The van der Waals surface area contributed by atoms with Crippen LogP contribution in [0.1, 0.15) is 6.92 Å². The van der Waals surface area contributed by atoms with Gasteiger partial charge in [-0.3, -0.25) is 19.7 Å². The molecule has 0 aliphatic heterocycles. The fraction of sp³-hybridized carbons (Fsp3) is 0.176. The minimum absolute atomic E-state index is 0.272. The van der Waals surface area contributed by atoms with Gasteiger partial charge < -0.3 is 10.1 Å². The van der Waals surface area contributed by atoms with Crippen LogP contribution in [-0.2, 0) is 24.2 Å². The summed E-state index contributed by atoms with van der Waals surface area (Å²) in [6.07, 6.45) is 0. The Morgan fingerprint density at radius 2 is 1.71 bits per heavy atom. The Bertz CT molecular complexity index is 989. The van der Waals surface area contributed by atoms with Crippen molar-refractivity contribution in [3.63, 3.8) is 0 Å². The van der Waals surface area contributed by atoms with E-state index in [1.54, 1.807) is 0 Å². The van der Waals surface area contributed by atoms with E-state index in [-0.39, 0.29) is 16.3 Å². The molecular formula is C17H15FN2O7S. The zero-order valence-corrected chi connectivity index (χ0v) is 15.3. The van der Waals surface area contributed by atoms with Crippen LogP contribution >= 0.6 is 0 Å². The molecule has 0 radical (unpaired) electrons. The predicted molar refractivity (Wildman–Crippen MR) is 95.7 cm³/mol. The number of nitro benzene ring substituents is 1. The van der Waals surface area contributed by atoms with Crippen molar-refractivity contribution in [1.29, 1.82) is 0 Å². The normalized spacial score (nSPS) is 12.1. The van der Waals surface area contributed by atoms with E-state index in [0.717, 1.165) is 43.3 Å². The second kappa shape index (κ2) is 8.57. The average molecular weight is 410 g/mol. The van der Waals surface area contributed by atoms with Crippen molar-refractivity contribution in [1.82, 2.24) is 0 Å². The van der Waals surface area contributed by atoms with Crippen LogP contribution in [0.2, 0.25) is 0 Å². The highest BCUT2D eigenvalue weighted by Crippen LogP contribution is 2.20. The van der Waals surface area contributed by atoms with Crippen LogP contribution in [0.3, 0.4) is 0 Å². The van der Waals surface area contributed by atoms with Gasteiger partial charge >= 0.3 is 5.97 Å². The molecule has 0 unspecified atom stereocenters. The van der Waals surface area contributed by atoms with Gasteiger partial charge in [-0.25, -0.2) is 12.8 Å². The molecule has 0 aliphatic rings. The molecule has 1 N–H and O–H groups in total. The first-order valence-corrected chi connectivity index (χ1v) is 9.36. The molecule has 11 heteroatoms. The van der Waals surface area contributed by atoms with Gasteiger partial charge in [-0.15, -0.1) is 0 Å². The zero-order chi connectivity index (χ0) is 20.9. The van der Waals surface area contributed by atoms with Crippen molar-refractivity contribution in [2.75, 3.05) is 11.9 Å². The standard InChI is InChI=1S/C17H15FN2O7S/c1-11(28(25,26)15-8-6-14(7-9-15)20(23)24)17(22)27-10-16(21)19-13-4-2-12(18)3-5-13/h2-9,11H,10H2,1H3,(H,19,21)/t11-/m0/s1. The molecule has 0 saturated carbocycles. The van der Waals surface area contributed by atoms with Crippen molar-refractivity contribution < 1.29 is 32.1 Å². The van der Waals surface area contributed by atoms with Crippen LogP contribution in [0.4, 0.5) is 15.8 Å². The van der Waals surface area contributed by atoms with Crippen molar-refractivity contribution in [2.24, 2.45) is 0 Å². The molecule has 9 nitrogen and oxygen atoms in total. The third-order valence-electron chi connectivity index (χ3n) is 3.65. The summed E-state index contributed by atoms with van der Waals surface area (Å²) in [5.74, 6) is -2.39. The highest BCUT2D eigenvalue weighted by Gasteiger charge is 2.31. The number of rotatable bonds is 7. The number of esters is 1. The fourth-order valence-electron chi connectivity index (χ4n) is 2.07. The molecule has 0 spiro atoms. The number of benzene rings is 2. The number of nitrogens with one attached hydrogen (secondary N) is 1. The lowest BCUT2D eigenvalue weighted by Gasteiger charge is -2.13. The molecule has 0 bridgehead atoms. The van der Waals surface area contributed by atoms with Gasteiger partial charge in [0.25, 0.3) is 11.6 Å². The minimum Gasteiger partial charge on any atom is -0.455 e. The number of carbonyl (C=O) groups excluding carboxylic acids is 2. The van der Waals surface area contributed by atoms with E-state index in [1.165, 1.54) is 12.1 Å². The molecule has 0 heterocycles. The first kappa shape index (κ1) is 21.0. The SMILES string of the molecule is C[C@@H](C(=O)OCC(=O)Nc1ccc(F)cc1)S(=O)(=O)c1ccc([N+](=O)[O-])cc1. The average Bonchev–Trinajstić information content (AvgIpc) is 2.67. The summed E-state index contributed by atoms with van der Waals surface area (Å²) >= 11 is 0. The van der Waals surface area contributed by atoms with E-state index in [4.69, 9.17) is 4.74 Å². The monoisotopic (exact) mass is 410 g/mol. The third-order valence-corrected chi connectivity index (χ3v) is 5.70. The number of halogens is 1. The topological polar surface area (TPSA) is 133 Å². The maximum absolute atomic E-state index is 12.8. The maximum atomic E-state index is 12.8. The number of hydrogen-bond donors (Lipinski definition) is 1. The van der Waals surface area contributed by atoms with Gasteiger partial charge in [-0.2, -0.15) is 0 Å². The summed E-state index contributed by atoms with van der Waals surface area (Å²) in [7, 11) is -4.16. The number of non-ortho nitro benzene ring substituents is 1. The van der Waals surface area contributed by atoms with Gasteiger partial charge in [0.05, 0.1) is 9.82 Å². The Balaban J connectivity index is 1.97. The number of ether oxygens (including phenoxy) is 1. The fourth-order valence-corrected chi connectivity index (χ4v) is 3.32. The third kappa shape index (κ3) is 5.10. The summed E-state index contributed by atoms with van der Waals surface area (Å²) in [5, 5.41) is 11.3. The molecule has 2 aromatic carbocycles. The molecule has 2 rings (SSSR count). The van der Waals surface area contributed by atoms with Crippen LogP contribution in [0, 0.1) is 15.9 Å². The number of sulfone groups is 1. The Labute approximate surface area is 159 Å². The Morgan fingerprint density at radius 3 is 2.25 bits per heavy atom. The predicted octanol–water partition coefficient (Wildman–Crippen LogP) is 2.08. The van der Waals surface area contributed by atoms with Gasteiger partial charge in [-0.1, -0.05) is 0 Å². The molecule has 28 heavy (non-hydrogen) atoms. The van der Waals surface area contributed by atoms with Crippen molar-refractivity contribution in [2.45, 2.75) is 17.1 Å². The molecule has 0 aromatic heterocycles. The van der Waals surface area contributed by atoms with Crippen LogP contribution in [0.15, 0.2) is 53.4 Å². The van der Waals surface area contributed by atoms with Crippen LogP contribution in [-0.4, -0.2) is 37.1 Å². The number of anilines is 1. The lowest BCUT2D eigenvalue weighted by Crippen LogP contribution is -2.31. The molecule has 0 fully saturated rings. The van der Waals surface area contributed by atoms with E-state index >= 15 is 0 Å². The molecule has 1 atom stereocenters. The zero-order valence-electron chi connectivity index (χ0n) is 14.5. The van der Waals surface area contributed by atoms with Gasteiger partial charge in [0, 0.05) is 17.8 Å². The summed E-state index contributed by atoms with van der Waals surface area (Å²) in [6.45, 7) is 0.341. The smallest absolute Gasteiger partial charge is 0.324 e. The lowest BCUT2D eigenvalue weighted by atomic mass is 10.3. The van der Waals surface area contributed by atoms with Crippen LogP contribution in [0.5, 0.6) is 0 Å². The highest BCUT2D eigenvalue weighted by atomic mass is 32.2. The van der Waals surface area contributed by atoms with Crippen molar-refractivity contribution in [3.8, 4) is 0 Å². The quantitative estimate of drug-likeness (QED) is 0.420. The Kier molecular flexibility index (Phi) is 6.41. The van der Waals surface area contributed by atoms with Crippen molar-refractivity contribution in [3.05, 3.63) is 64.5 Å². The number of nitrogens with zero attached hydrogens (tertiary/aromatic N) is 1. The van der Waals surface area contributed by atoms with Gasteiger partial charge in [0.1, 0.15) is 5.82 Å². The van der Waals surface area contributed by atoms with E-state index in [2.05, 4.69) is 5.32 Å². The molecule has 0 aliphatic carbocycles. The molecule has 0 saturated heterocycles. The maximum Gasteiger partial charge on any atom is 0.324 e. The summed E-state index contributed by atoms with van der Waals surface area (Å²) < 4.78 is 42.4. The van der Waals surface area contributed by atoms with Gasteiger partial charge in [-0.05, 0) is 43.3 Å². The van der Waals surface area contributed by atoms with Gasteiger partial charge in [0.15, 0.2) is 21.7 Å². The second-order valence-electron chi connectivity index (χ2n) is 5.60. The van der Waals surface area contributed by atoms with Crippen molar-refractivity contribution >= 4 is 33.1 Å². The Morgan fingerprint density at radius 1 is 1.14 bits per heavy atom. The number of amides is 1. The molecule has 1 amide bonds. The summed E-state index contributed by atoms with van der Waals surface area (Å²) in [5.41, 5.74) is -0.0272. The van der Waals surface area contributed by atoms with Crippen LogP contribution < -0.4 is 5.32 Å². The molecule has 148 valence electrons. The number of carbonyl (C=O) groups is 2. The highest BCUT2D eigenvalue weighted by molar-refractivity contribution is 7.92. The van der Waals surface area contributed by atoms with E-state index < -0.39 is 44.3 Å². The van der Waals surface area contributed by atoms with E-state index in [9.17, 15) is 32.5 Å². The lowest BCUT2D eigenvalue weighted by molar-refractivity contribution is -0.384. The largest absolute Gasteiger partial charge is 0.455 e. The van der Waals surface area contributed by atoms with E-state index in [1.807, 2.05) is 0 Å². The molecule has 2 aromatic rings. The minimum atomic E-state index is -4.16. The molecular weight excluding hydrogens is 395 g/mol. The van der Waals surface area contributed by atoms with E-state index in [0.29, 0.717) is 0 Å². The first-order valence-electron chi connectivity index (χ1n) is 7.81. The summed E-state index contributed by atoms with van der Waals surface area (Å²) in [6, 6.07) is 8.88. The Hall–Kier alpha value is -3.34. The van der Waals surface area contributed by atoms with Crippen LogP contribution in [0.25, 0.3) is 0 Å². The summed E-state index contributed by atoms with van der Waals surface area (Å²) in [4.78, 5) is 33.4. The number of hydrogen-bond acceptors (Lipinski definition) is 7. The second-order valence-corrected chi connectivity index (χ2v) is 7.87. The number of nitro groups is 1.